The Morgan fingerprint density at radius 2 is 1.68 bits per heavy atom. The fourth-order valence-electron chi connectivity index (χ4n) is 3.23. The van der Waals surface area contributed by atoms with Crippen LogP contribution in [0, 0.1) is 6.92 Å². The monoisotopic (exact) mass is 401 g/mol. The SMILES string of the molecule is Cc1cccc(CNC(=O)c2ccc(CS(=O)(=O)N3CCN(C)CC3)cc2)c1. The molecule has 7 heteroatoms. The molecule has 0 atom stereocenters. The van der Waals surface area contributed by atoms with Gasteiger partial charge < -0.3 is 10.2 Å². The van der Waals surface area contributed by atoms with Gasteiger partial charge in [-0.15, -0.1) is 0 Å². The summed E-state index contributed by atoms with van der Waals surface area (Å²) >= 11 is 0. The molecule has 0 unspecified atom stereocenters. The van der Waals surface area contributed by atoms with Crippen LogP contribution in [0.4, 0.5) is 0 Å². The molecule has 1 amide bonds. The number of hydrogen-bond donors (Lipinski definition) is 1. The molecule has 1 N–H and O–H groups in total. The Hall–Kier alpha value is -2.22. The lowest BCUT2D eigenvalue weighted by atomic mass is 10.1. The van der Waals surface area contributed by atoms with E-state index in [9.17, 15) is 13.2 Å². The number of likely N-dealkylation sites (N-methyl/N-ethyl adjacent to an activating group) is 1. The second kappa shape index (κ2) is 8.86. The van der Waals surface area contributed by atoms with Gasteiger partial charge in [0.15, 0.2) is 0 Å². The van der Waals surface area contributed by atoms with Crippen molar-refractivity contribution in [3.63, 3.8) is 0 Å². The largest absolute Gasteiger partial charge is 0.348 e. The number of amides is 1. The first kappa shape index (κ1) is 20.5. The van der Waals surface area contributed by atoms with E-state index in [2.05, 4.69) is 10.2 Å². The molecular weight excluding hydrogens is 374 g/mol. The number of piperazine rings is 1. The van der Waals surface area contributed by atoms with E-state index in [-0.39, 0.29) is 11.7 Å². The summed E-state index contributed by atoms with van der Waals surface area (Å²) in [6.07, 6.45) is 0. The van der Waals surface area contributed by atoms with Gasteiger partial charge in [-0.1, -0.05) is 42.0 Å². The highest BCUT2D eigenvalue weighted by Gasteiger charge is 2.25. The van der Waals surface area contributed by atoms with Crippen LogP contribution >= 0.6 is 0 Å². The van der Waals surface area contributed by atoms with Gasteiger partial charge in [0.25, 0.3) is 5.91 Å². The number of nitrogens with one attached hydrogen (secondary N) is 1. The number of carbonyl (C=O) groups excluding carboxylic acids is 1. The first-order valence-electron chi connectivity index (χ1n) is 9.42. The fraction of sp³-hybridized carbons (Fsp3) is 0.381. The van der Waals surface area contributed by atoms with E-state index in [0.29, 0.717) is 30.8 Å². The smallest absolute Gasteiger partial charge is 0.251 e. The Bertz CT molecular complexity index is 918. The molecule has 28 heavy (non-hydrogen) atoms. The Labute approximate surface area is 167 Å². The van der Waals surface area contributed by atoms with E-state index in [1.165, 1.54) is 0 Å². The standard InChI is InChI=1S/C21H27N3O3S/c1-17-4-3-5-19(14-17)15-22-21(25)20-8-6-18(7-9-20)16-28(26,27)24-12-10-23(2)11-13-24/h3-9,14H,10-13,15-16H2,1-2H3,(H,22,25). The van der Waals surface area contributed by atoms with Crippen LogP contribution in [0.15, 0.2) is 48.5 Å². The van der Waals surface area contributed by atoms with Crippen LogP contribution < -0.4 is 5.32 Å². The lowest BCUT2D eigenvalue weighted by molar-refractivity contribution is 0.0951. The molecule has 3 rings (SSSR count). The number of nitrogens with zero attached hydrogens (tertiary/aromatic N) is 2. The van der Waals surface area contributed by atoms with Crippen molar-refractivity contribution in [2.75, 3.05) is 33.2 Å². The van der Waals surface area contributed by atoms with Crippen molar-refractivity contribution in [3.05, 3.63) is 70.8 Å². The minimum Gasteiger partial charge on any atom is -0.348 e. The van der Waals surface area contributed by atoms with Crippen molar-refractivity contribution in [1.29, 1.82) is 0 Å². The minimum atomic E-state index is -3.34. The number of carbonyl (C=O) groups is 1. The lowest BCUT2D eigenvalue weighted by Crippen LogP contribution is -2.47. The zero-order chi connectivity index (χ0) is 20.1. The third-order valence-electron chi connectivity index (χ3n) is 4.96. The molecule has 0 saturated carbocycles. The number of sulfonamides is 1. The van der Waals surface area contributed by atoms with Crippen LogP contribution in [0.3, 0.4) is 0 Å². The van der Waals surface area contributed by atoms with Gasteiger partial charge in [-0.05, 0) is 37.2 Å². The summed E-state index contributed by atoms with van der Waals surface area (Å²) in [5, 5.41) is 2.90. The molecule has 2 aromatic carbocycles. The van der Waals surface area contributed by atoms with Gasteiger partial charge in [-0.2, -0.15) is 4.31 Å². The summed E-state index contributed by atoms with van der Waals surface area (Å²) in [7, 11) is -1.34. The summed E-state index contributed by atoms with van der Waals surface area (Å²) in [5.41, 5.74) is 3.41. The lowest BCUT2D eigenvalue weighted by Gasteiger charge is -2.31. The van der Waals surface area contributed by atoms with Crippen molar-refractivity contribution >= 4 is 15.9 Å². The molecule has 0 aliphatic carbocycles. The van der Waals surface area contributed by atoms with Crippen molar-refractivity contribution < 1.29 is 13.2 Å². The molecule has 1 aliphatic heterocycles. The van der Waals surface area contributed by atoms with Crippen LogP contribution in [0.25, 0.3) is 0 Å². The highest BCUT2D eigenvalue weighted by molar-refractivity contribution is 7.88. The number of benzene rings is 2. The van der Waals surface area contributed by atoms with Crippen LogP contribution in [-0.2, 0) is 22.3 Å². The van der Waals surface area contributed by atoms with Gasteiger partial charge in [0.05, 0.1) is 5.75 Å². The highest BCUT2D eigenvalue weighted by atomic mass is 32.2. The van der Waals surface area contributed by atoms with E-state index >= 15 is 0 Å². The molecule has 1 heterocycles. The van der Waals surface area contributed by atoms with E-state index in [0.717, 1.165) is 24.2 Å². The average Bonchev–Trinajstić information content (AvgIpc) is 2.67. The quantitative estimate of drug-likeness (QED) is 0.804. The van der Waals surface area contributed by atoms with E-state index in [1.807, 2.05) is 38.2 Å². The predicted octanol–water partition coefficient (Wildman–Crippen LogP) is 2.00. The van der Waals surface area contributed by atoms with Gasteiger partial charge in [0, 0.05) is 38.3 Å². The summed E-state index contributed by atoms with van der Waals surface area (Å²) in [6.45, 7) is 5.02. The summed E-state index contributed by atoms with van der Waals surface area (Å²) in [5.74, 6) is -0.211. The van der Waals surface area contributed by atoms with Crippen molar-refractivity contribution in [2.45, 2.75) is 19.2 Å². The zero-order valence-corrected chi connectivity index (χ0v) is 17.2. The minimum absolute atomic E-state index is 0.0398. The maximum Gasteiger partial charge on any atom is 0.251 e. The van der Waals surface area contributed by atoms with Crippen LogP contribution in [0.5, 0.6) is 0 Å². The zero-order valence-electron chi connectivity index (χ0n) is 16.4. The molecule has 150 valence electrons. The van der Waals surface area contributed by atoms with Crippen LogP contribution in [0.1, 0.15) is 27.0 Å². The molecule has 1 aliphatic rings. The number of rotatable bonds is 6. The van der Waals surface area contributed by atoms with Gasteiger partial charge in [-0.3, -0.25) is 4.79 Å². The van der Waals surface area contributed by atoms with Gasteiger partial charge in [0.2, 0.25) is 10.0 Å². The Morgan fingerprint density at radius 3 is 2.32 bits per heavy atom. The molecule has 2 aromatic rings. The van der Waals surface area contributed by atoms with Gasteiger partial charge in [0.1, 0.15) is 0 Å². The highest BCUT2D eigenvalue weighted by Crippen LogP contribution is 2.14. The topological polar surface area (TPSA) is 69.7 Å². The first-order chi connectivity index (χ1) is 13.3. The Balaban J connectivity index is 1.57. The number of hydrogen-bond acceptors (Lipinski definition) is 4. The van der Waals surface area contributed by atoms with Crippen LogP contribution in [0.2, 0.25) is 0 Å². The molecule has 0 radical (unpaired) electrons. The maximum atomic E-state index is 12.6. The molecule has 1 saturated heterocycles. The van der Waals surface area contributed by atoms with Gasteiger partial charge >= 0.3 is 0 Å². The van der Waals surface area contributed by atoms with Crippen LogP contribution in [-0.4, -0.2) is 56.8 Å². The second-order valence-corrected chi connectivity index (χ2v) is 9.30. The van der Waals surface area contributed by atoms with E-state index in [4.69, 9.17) is 0 Å². The maximum absolute atomic E-state index is 12.6. The van der Waals surface area contributed by atoms with Gasteiger partial charge in [-0.25, -0.2) is 8.42 Å². The second-order valence-electron chi connectivity index (χ2n) is 7.33. The van der Waals surface area contributed by atoms with E-state index in [1.54, 1.807) is 28.6 Å². The third kappa shape index (κ3) is 5.41. The molecule has 1 fully saturated rings. The summed E-state index contributed by atoms with van der Waals surface area (Å²) < 4.78 is 26.7. The first-order valence-corrected chi connectivity index (χ1v) is 11.0. The molecule has 6 nitrogen and oxygen atoms in total. The van der Waals surface area contributed by atoms with Crippen molar-refractivity contribution in [1.82, 2.24) is 14.5 Å². The van der Waals surface area contributed by atoms with Crippen molar-refractivity contribution in [2.24, 2.45) is 0 Å². The molecular formula is C21H27N3O3S. The summed E-state index contributed by atoms with van der Waals surface area (Å²) in [4.78, 5) is 14.5. The predicted molar refractivity (Wildman–Crippen MR) is 110 cm³/mol. The molecule has 0 spiro atoms. The molecule has 0 aromatic heterocycles. The molecule has 0 bridgehead atoms. The third-order valence-corrected chi connectivity index (χ3v) is 6.81. The normalized spacial score (nSPS) is 16.1. The van der Waals surface area contributed by atoms with Crippen molar-refractivity contribution in [3.8, 4) is 0 Å². The average molecular weight is 402 g/mol. The van der Waals surface area contributed by atoms with E-state index < -0.39 is 10.0 Å². The summed E-state index contributed by atoms with van der Waals surface area (Å²) in [6, 6.07) is 14.8. The number of aryl methyl sites for hydroxylation is 1. The Morgan fingerprint density at radius 1 is 1.00 bits per heavy atom. The Kier molecular flexibility index (Phi) is 6.49. The fourth-order valence-corrected chi connectivity index (χ4v) is 4.74.